The summed E-state index contributed by atoms with van der Waals surface area (Å²) in [6, 6.07) is 7.37. The smallest absolute Gasteiger partial charge is 0.331 e. The lowest BCUT2D eigenvalue weighted by molar-refractivity contribution is -0.153. The standard InChI is InChI=1S/C14H16N4O3/c1-2-21-11-7-4-3-6-10(11)12-15-16-17-18(12)14(13(19)20)8-5-9-14/h3-4,6-7H,2,5,8-9H2,1H3,(H,19,20). The molecule has 110 valence electrons. The number of carboxylic acids is 1. The number of hydrogen-bond donors (Lipinski definition) is 1. The quantitative estimate of drug-likeness (QED) is 0.900. The largest absolute Gasteiger partial charge is 0.493 e. The van der Waals surface area contributed by atoms with Gasteiger partial charge in [0.25, 0.3) is 0 Å². The number of rotatable bonds is 5. The maximum Gasteiger partial charge on any atom is 0.331 e. The van der Waals surface area contributed by atoms with Crippen molar-refractivity contribution >= 4 is 5.97 Å². The molecule has 0 bridgehead atoms. The van der Waals surface area contributed by atoms with Crippen molar-refractivity contribution in [1.82, 2.24) is 20.2 Å². The van der Waals surface area contributed by atoms with Crippen molar-refractivity contribution in [2.75, 3.05) is 6.61 Å². The Morgan fingerprint density at radius 1 is 1.43 bits per heavy atom. The van der Waals surface area contributed by atoms with Gasteiger partial charge in [-0.1, -0.05) is 12.1 Å². The van der Waals surface area contributed by atoms with Gasteiger partial charge in [-0.05, 0) is 48.7 Å². The number of hydrogen-bond acceptors (Lipinski definition) is 5. The fourth-order valence-corrected chi connectivity index (χ4v) is 2.60. The second kappa shape index (κ2) is 5.16. The average Bonchev–Trinajstić information content (AvgIpc) is 2.87. The lowest BCUT2D eigenvalue weighted by atomic mass is 9.76. The van der Waals surface area contributed by atoms with E-state index in [1.807, 2.05) is 31.2 Å². The number of carboxylic acid groups (broad SMARTS) is 1. The van der Waals surface area contributed by atoms with Crippen molar-refractivity contribution in [3.05, 3.63) is 24.3 Å². The lowest BCUT2D eigenvalue weighted by Crippen LogP contribution is -2.48. The minimum absolute atomic E-state index is 0.432. The Balaban J connectivity index is 2.10. The van der Waals surface area contributed by atoms with Crippen LogP contribution in [0.15, 0.2) is 24.3 Å². The maximum absolute atomic E-state index is 11.6. The first-order valence-corrected chi connectivity index (χ1v) is 6.93. The summed E-state index contributed by atoms with van der Waals surface area (Å²) >= 11 is 0. The first-order valence-electron chi connectivity index (χ1n) is 6.93. The molecule has 1 heterocycles. The molecule has 0 unspecified atom stereocenters. The number of nitrogens with zero attached hydrogens (tertiary/aromatic N) is 4. The molecule has 21 heavy (non-hydrogen) atoms. The van der Waals surface area contributed by atoms with E-state index in [4.69, 9.17) is 4.74 Å². The summed E-state index contributed by atoms with van der Waals surface area (Å²) in [4.78, 5) is 11.6. The zero-order valence-electron chi connectivity index (χ0n) is 11.7. The zero-order valence-corrected chi connectivity index (χ0v) is 11.7. The van der Waals surface area contributed by atoms with E-state index in [1.165, 1.54) is 4.68 Å². The summed E-state index contributed by atoms with van der Waals surface area (Å²) in [5, 5.41) is 21.2. The van der Waals surface area contributed by atoms with Gasteiger partial charge in [0.15, 0.2) is 11.4 Å². The van der Waals surface area contributed by atoms with Crippen LogP contribution < -0.4 is 4.74 Å². The third-order valence-corrected chi connectivity index (χ3v) is 3.88. The highest BCUT2D eigenvalue weighted by Crippen LogP contribution is 2.41. The molecular weight excluding hydrogens is 272 g/mol. The molecule has 3 rings (SSSR count). The number of ether oxygens (including phenoxy) is 1. The van der Waals surface area contributed by atoms with Crippen molar-refractivity contribution in [1.29, 1.82) is 0 Å². The second-order valence-corrected chi connectivity index (χ2v) is 5.03. The van der Waals surface area contributed by atoms with Gasteiger partial charge in [0, 0.05) is 0 Å². The van der Waals surface area contributed by atoms with E-state index in [1.54, 1.807) is 0 Å². The van der Waals surface area contributed by atoms with Crippen LogP contribution >= 0.6 is 0 Å². The van der Waals surface area contributed by atoms with Crippen molar-refractivity contribution in [2.24, 2.45) is 0 Å². The maximum atomic E-state index is 11.6. The molecule has 1 aliphatic rings. The van der Waals surface area contributed by atoms with E-state index in [0.717, 1.165) is 6.42 Å². The summed E-state index contributed by atoms with van der Waals surface area (Å²) in [6.07, 6.45) is 1.94. The molecule has 1 aliphatic carbocycles. The Morgan fingerprint density at radius 2 is 2.19 bits per heavy atom. The zero-order chi connectivity index (χ0) is 14.9. The molecule has 0 amide bonds. The van der Waals surface area contributed by atoms with Gasteiger partial charge in [-0.25, -0.2) is 9.48 Å². The molecule has 0 saturated heterocycles. The molecule has 1 saturated carbocycles. The molecule has 7 heteroatoms. The highest BCUT2D eigenvalue weighted by Gasteiger charge is 2.49. The fourth-order valence-electron chi connectivity index (χ4n) is 2.60. The van der Waals surface area contributed by atoms with E-state index >= 15 is 0 Å². The molecule has 0 atom stereocenters. The van der Waals surface area contributed by atoms with Crippen molar-refractivity contribution in [2.45, 2.75) is 31.7 Å². The molecule has 0 aliphatic heterocycles. The first kappa shape index (κ1) is 13.5. The van der Waals surface area contributed by atoms with Gasteiger partial charge in [-0.2, -0.15) is 0 Å². The lowest BCUT2D eigenvalue weighted by Gasteiger charge is -2.37. The summed E-state index contributed by atoms with van der Waals surface area (Å²) < 4.78 is 7.01. The Bertz CT molecular complexity index is 664. The Morgan fingerprint density at radius 3 is 2.81 bits per heavy atom. The molecule has 1 aromatic carbocycles. The van der Waals surface area contributed by atoms with Gasteiger partial charge in [0.2, 0.25) is 0 Å². The summed E-state index contributed by atoms with van der Waals surface area (Å²) in [7, 11) is 0. The average molecular weight is 288 g/mol. The van der Waals surface area contributed by atoms with Crippen LogP contribution in [0.4, 0.5) is 0 Å². The first-order chi connectivity index (χ1) is 10.2. The molecule has 0 radical (unpaired) electrons. The van der Waals surface area contributed by atoms with Crippen LogP contribution in [0.2, 0.25) is 0 Å². The Hall–Kier alpha value is -2.44. The van der Waals surface area contributed by atoms with E-state index in [9.17, 15) is 9.90 Å². The van der Waals surface area contributed by atoms with Crippen LogP contribution in [0.1, 0.15) is 26.2 Å². The van der Waals surface area contributed by atoms with Crippen molar-refractivity contribution < 1.29 is 14.6 Å². The normalized spacial score (nSPS) is 16.2. The van der Waals surface area contributed by atoms with Gasteiger partial charge >= 0.3 is 5.97 Å². The summed E-state index contributed by atoms with van der Waals surface area (Å²) in [6.45, 7) is 2.41. The minimum Gasteiger partial charge on any atom is -0.493 e. The number of tetrazole rings is 1. The third kappa shape index (κ3) is 2.05. The van der Waals surface area contributed by atoms with Crippen LogP contribution in [0.25, 0.3) is 11.4 Å². The van der Waals surface area contributed by atoms with E-state index in [0.29, 0.717) is 36.6 Å². The van der Waals surface area contributed by atoms with Crippen LogP contribution in [0.5, 0.6) is 5.75 Å². The van der Waals surface area contributed by atoms with Crippen molar-refractivity contribution in [3.8, 4) is 17.1 Å². The number of aliphatic carboxylic acids is 1. The van der Waals surface area contributed by atoms with Gasteiger partial charge in [0.1, 0.15) is 5.75 Å². The highest BCUT2D eigenvalue weighted by atomic mass is 16.5. The van der Waals surface area contributed by atoms with Crippen molar-refractivity contribution in [3.63, 3.8) is 0 Å². The van der Waals surface area contributed by atoms with Gasteiger partial charge in [-0.15, -0.1) is 5.10 Å². The fraction of sp³-hybridized carbons (Fsp3) is 0.429. The van der Waals surface area contributed by atoms with E-state index in [2.05, 4.69) is 15.5 Å². The minimum atomic E-state index is -1.03. The van der Waals surface area contributed by atoms with Gasteiger partial charge in [-0.3, -0.25) is 0 Å². The molecule has 1 fully saturated rings. The molecule has 2 aromatic rings. The van der Waals surface area contributed by atoms with Gasteiger partial charge < -0.3 is 9.84 Å². The van der Waals surface area contributed by atoms with Crippen LogP contribution in [0, 0.1) is 0 Å². The number of aromatic nitrogens is 4. The Kier molecular flexibility index (Phi) is 3.32. The molecule has 7 nitrogen and oxygen atoms in total. The molecular formula is C14H16N4O3. The predicted molar refractivity (Wildman–Crippen MR) is 73.9 cm³/mol. The SMILES string of the molecule is CCOc1ccccc1-c1nnnn1C1(C(=O)O)CCC1. The Labute approximate surface area is 121 Å². The third-order valence-electron chi connectivity index (χ3n) is 3.88. The second-order valence-electron chi connectivity index (χ2n) is 5.03. The number of benzene rings is 1. The number of carbonyl (C=O) groups is 1. The highest BCUT2D eigenvalue weighted by molar-refractivity contribution is 5.79. The van der Waals surface area contributed by atoms with E-state index < -0.39 is 11.5 Å². The van der Waals surface area contributed by atoms with Gasteiger partial charge in [0.05, 0.1) is 12.2 Å². The predicted octanol–water partition coefficient (Wildman–Crippen LogP) is 1.70. The molecule has 1 N–H and O–H groups in total. The van der Waals surface area contributed by atoms with Crippen LogP contribution in [-0.4, -0.2) is 37.9 Å². The summed E-state index contributed by atoms with van der Waals surface area (Å²) in [5.74, 6) is 0.188. The van der Waals surface area contributed by atoms with E-state index in [-0.39, 0.29) is 0 Å². The number of para-hydroxylation sites is 1. The molecule has 0 spiro atoms. The monoisotopic (exact) mass is 288 g/mol. The molecule has 1 aromatic heterocycles. The summed E-state index contributed by atoms with van der Waals surface area (Å²) in [5.41, 5.74) is -0.324. The topological polar surface area (TPSA) is 90.1 Å². The van der Waals surface area contributed by atoms with Crippen LogP contribution in [0.3, 0.4) is 0 Å². The van der Waals surface area contributed by atoms with Crippen LogP contribution in [-0.2, 0) is 10.3 Å².